The molecule has 0 radical (unpaired) electrons. The first-order valence-electron chi connectivity index (χ1n) is 5.54. The molecule has 7 heteroatoms. The highest BCUT2D eigenvalue weighted by Crippen LogP contribution is 2.12. The van der Waals surface area contributed by atoms with Crippen LogP contribution in [0.3, 0.4) is 0 Å². The Morgan fingerprint density at radius 3 is 2.67 bits per heavy atom. The quantitative estimate of drug-likeness (QED) is 0.816. The molecule has 0 aromatic carbocycles. The number of alkyl carbamates (subject to hydrolysis) is 1. The number of carbonyl (C=O) groups is 2. The highest BCUT2D eigenvalue weighted by atomic mass is 16.5. The number of amides is 1. The van der Waals surface area contributed by atoms with Gasteiger partial charge in [0.15, 0.2) is 6.04 Å². The van der Waals surface area contributed by atoms with Crippen LogP contribution in [0, 0.1) is 5.92 Å². The minimum absolute atomic E-state index is 0.192. The summed E-state index contributed by atoms with van der Waals surface area (Å²) in [7, 11) is 1.67. The van der Waals surface area contributed by atoms with Gasteiger partial charge in [-0.2, -0.15) is 5.10 Å². The van der Waals surface area contributed by atoms with E-state index < -0.39 is 18.1 Å². The molecule has 100 valence electrons. The predicted molar refractivity (Wildman–Crippen MR) is 62.9 cm³/mol. The minimum atomic E-state index is -1.16. The molecule has 1 unspecified atom stereocenters. The molecule has 0 saturated heterocycles. The summed E-state index contributed by atoms with van der Waals surface area (Å²) in [5.74, 6) is -0.970. The average molecular weight is 255 g/mol. The first kappa shape index (κ1) is 14.0. The SMILES string of the molecule is CC(C)COC(=O)NC(C(=O)O)c1cnn(C)c1. The van der Waals surface area contributed by atoms with Gasteiger partial charge in [0.2, 0.25) is 0 Å². The number of aromatic nitrogens is 2. The minimum Gasteiger partial charge on any atom is -0.479 e. The summed E-state index contributed by atoms with van der Waals surface area (Å²) >= 11 is 0. The Hall–Kier alpha value is -2.05. The van der Waals surface area contributed by atoms with Gasteiger partial charge < -0.3 is 15.2 Å². The second-order valence-electron chi connectivity index (χ2n) is 4.36. The standard InChI is InChI=1S/C11H17N3O4/c1-7(2)6-18-11(17)13-9(10(15)16)8-4-12-14(3)5-8/h4-5,7,9H,6H2,1-3H3,(H,13,17)(H,15,16). The molecule has 0 bridgehead atoms. The lowest BCUT2D eigenvalue weighted by Crippen LogP contribution is -2.34. The van der Waals surface area contributed by atoms with E-state index in [2.05, 4.69) is 10.4 Å². The highest BCUT2D eigenvalue weighted by molar-refractivity contribution is 5.81. The highest BCUT2D eigenvalue weighted by Gasteiger charge is 2.24. The van der Waals surface area contributed by atoms with Crippen molar-refractivity contribution in [1.82, 2.24) is 15.1 Å². The topological polar surface area (TPSA) is 93.4 Å². The van der Waals surface area contributed by atoms with Crippen LogP contribution in [0.15, 0.2) is 12.4 Å². The molecule has 1 atom stereocenters. The van der Waals surface area contributed by atoms with Crippen molar-refractivity contribution in [3.05, 3.63) is 18.0 Å². The fourth-order valence-corrected chi connectivity index (χ4v) is 1.28. The summed E-state index contributed by atoms with van der Waals surface area (Å²) in [6.45, 7) is 4.03. The van der Waals surface area contributed by atoms with Gasteiger partial charge >= 0.3 is 12.1 Å². The fraction of sp³-hybridized carbons (Fsp3) is 0.545. The van der Waals surface area contributed by atoms with E-state index in [0.717, 1.165) is 0 Å². The number of hydrogen-bond donors (Lipinski definition) is 2. The number of rotatable bonds is 5. The predicted octanol–water partition coefficient (Wildman–Crippen LogP) is 0.928. The molecule has 0 aliphatic rings. The Bertz CT molecular complexity index is 428. The Labute approximate surface area is 105 Å². The molecule has 7 nitrogen and oxygen atoms in total. The number of aryl methyl sites for hydroxylation is 1. The van der Waals surface area contributed by atoms with E-state index in [1.54, 1.807) is 7.05 Å². The van der Waals surface area contributed by atoms with Gasteiger partial charge in [-0.25, -0.2) is 9.59 Å². The molecule has 18 heavy (non-hydrogen) atoms. The van der Waals surface area contributed by atoms with Gasteiger partial charge in [-0.05, 0) is 5.92 Å². The molecule has 0 spiro atoms. The van der Waals surface area contributed by atoms with Crippen LogP contribution in [-0.4, -0.2) is 33.6 Å². The largest absolute Gasteiger partial charge is 0.479 e. The lowest BCUT2D eigenvalue weighted by molar-refractivity contribution is -0.139. The molecule has 0 fully saturated rings. The third-order valence-electron chi connectivity index (χ3n) is 2.12. The fourth-order valence-electron chi connectivity index (χ4n) is 1.28. The molecular formula is C11H17N3O4. The van der Waals surface area contributed by atoms with E-state index in [4.69, 9.17) is 9.84 Å². The zero-order valence-corrected chi connectivity index (χ0v) is 10.6. The zero-order valence-electron chi connectivity index (χ0n) is 10.6. The third-order valence-corrected chi connectivity index (χ3v) is 2.12. The van der Waals surface area contributed by atoms with Crippen LogP contribution in [0.1, 0.15) is 25.5 Å². The number of aliphatic carboxylic acids is 1. The van der Waals surface area contributed by atoms with E-state index in [0.29, 0.717) is 5.56 Å². The molecule has 2 N–H and O–H groups in total. The normalized spacial score (nSPS) is 12.2. The zero-order chi connectivity index (χ0) is 13.7. The Balaban J connectivity index is 2.64. The summed E-state index contributed by atoms with van der Waals surface area (Å²) in [5.41, 5.74) is 0.395. The average Bonchev–Trinajstić information content (AvgIpc) is 2.69. The number of nitrogens with zero attached hydrogens (tertiary/aromatic N) is 2. The van der Waals surface area contributed by atoms with Crippen molar-refractivity contribution < 1.29 is 19.4 Å². The van der Waals surface area contributed by atoms with Gasteiger partial charge in [0.1, 0.15) is 0 Å². The smallest absolute Gasteiger partial charge is 0.408 e. The number of carbonyl (C=O) groups excluding carboxylic acids is 1. The molecule has 1 aromatic rings. The Kier molecular flexibility index (Phi) is 4.70. The molecule has 1 heterocycles. The maximum atomic E-state index is 11.4. The van der Waals surface area contributed by atoms with Crippen molar-refractivity contribution in [3.63, 3.8) is 0 Å². The molecule has 0 saturated carbocycles. The first-order valence-corrected chi connectivity index (χ1v) is 5.54. The van der Waals surface area contributed by atoms with Crippen molar-refractivity contribution in [2.75, 3.05) is 6.61 Å². The van der Waals surface area contributed by atoms with Crippen LogP contribution >= 0.6 is 0 Å². The van der Waals surface area contributed by atoms with Gasteiger partial charge in [-0.15, -0.1) is 0 Å². The van der Waals surface area contributed by atoms with E-state index >= 15 is 0 Å². The monoisotopic (exact) mass is 255 g/mol. The molecule has 1 aromatic heterocycles. The number of carboxylic acid groups (broad SMARTS) is 1. The van der Waals surface area contributed by atoms with Crippen LogP contribution in [-0.2, 0) is 16.6 Å². The van der Waals surface area contributed by atoms with Crippen LogP contribution < -0.4 is 5.32 Å². The third kappa shape index (κ3) is 4.08. The lowest BCUT2D eigenvalue weighted by Gasteiger charge is -2.13. The van der Waals surface area contributed by atoms with Crippen LogP contribution in [0.5, 0.6) is 0 Å². The molecular weight excluding hydrogens is 238 g/mol. The Morgan fingerprint density at radius 2 is 2.22 bits per heavy atom. The van der Waals surface area contributed by atoms with E-state index in [1.165, 1.54) is 17.1 Å². The second-order valence-corrected chi connectivity index (χ2v) is 4.36. The van der Waals surface area contributed by atoms with Gasteiger partial charge in [-0.3, -0.25) is 4.68 Å². The van der Waals surface area contributed by atoms with Crippen molar-refractivity contribution in [2.45, 2.75) is 19.9 Å². The molecule has 0 aliphatic heterocycles. The first-order chi connectivity index (χ1) is 8.40. The summed E-state index contributed by atoms with van der Waals surface area (Å²) in [5, 5.41) is 15.2. The second kappa shape index (κ2) is 6.04. The molecule has 1 amide bonds. The molecule has 0 aliphatic carbocycles. The van der Waals surface area contributed by atoms with E-state index in [-0.39, 0.29) is 12.5 Å². The number of nitrogens with one attached hydrogen (secondary N) is 1. The van der Waals surface area contributed by atoms with Gasteiger partial charge in [0.05, 0.1) is 12.8 Å². The van der Waals surface area contributed by atoms with E-state index in [9.17, 15) is 9.59 Å². The van der Waals surface area contributed by atoms with E-state index in [1.807, 2.05) is 13.8 Å². The van der Waals surface area contributed by atoms with Crippen molar-refractivity contribution in [2.24, 2.45) is 13.0 Å². The summed E-state index contributed by atoms with van der Waals surface area (Å²) in [4.78, 5) is 22.5. The number of ether oxygens (including phenoxy) is 1. The number of hydrogen-bond acceptors (Lipinski definition) is 4. The maximum Gasteiger partial charge on any atom is 0.408 e. The molecule has 1 rings (SSSR count). The van der Waals surface area contributed by atoms with Gasteiger partial charge in [0, 0.05) is 18.8 Å². The summed E-state index contributed by atoms with van der Waals surface area (Å²) in [6, 6.07) is -1.15. The lowest BCUT2D eigenvalue weighted by atomic mass is 10.2. The van der Waals surface area contributed by atoms with Crippen molar-refractivity contribution in [3.8, 4) is 0 Å². The Morgan fingerprint density at radius 1 is 1.56 bits per heavy atom. The van der Waals surface area contributed by atoms with Crippen LogP contribution in [0.4, 0.5) is 4.79 Å². The van der Waals surface area contributed by atoms with Gasteiger partial charge in [0.25, 0.3) is 0 Å². The summed E-state index contributed by atoms with van der Waals surface area (Å²) < 4.78 is 6.34. The van der Waals surface area contributed by atoms with Crippen molar-refractivity contribution >= 4 is 12.1 Å². The number of carboxylic acids is 1. The van der Waals surface area contributed by atoms with Gasteiger partial charge in [-0.1, -0.05) is 13.8 Å². The van der Waals surface area contributed by atoms with Crippen LogP contribution in [0.25, 0.3) is 0 Å². The summed E-state index contributed by atoms with van der Waals surface area (Å²) in [6.07, 6.45) is 2.17. The maximum absolute atomic E-state index is 11.4. The van der Waals surface area contributed by atoms with Crippen molar-refractivity contribution in [1.29, 1.82) is 0 Å². The van der Waals surface area contributed by atoms with Crippen LogP contribution in [0.2, 0.25) is 0 Å².